The number of carbonyl (C=O) groups excluding carboxylic acids is 1. The van der Waals surface area contributed by atoms with E-state index >= 15 is 0 Å². The number of nitrogens with two attached hydrogens (primary N) is 1. The molecule has 1 amide bonds. The Hall–Kier alpha value is -1.80. The van der Waals surface area contributed by atoms with E-state index in [0.29, 0.717) is 5.13 Å². The number of nitrogens with zero attached hydrogens (tertiary/aromatic N) is 2. The first kappa shape index (κ1) is 17.0. The Labute approximate surface area is 145 Å². The summed E-state index contributed by atoms with van der Waals surface area (Å²) in [4.78, 5) is 20.1. The SMILES string of the molecule is COCC(N)C(=O)Nc1nc2c(s1)CN(Cc1ccccc1)CC2. The van der Waals surface area contributed by atoms with Gasteiger partial charge >= 0.3 is 0 Å². The first-order valence-corrected chi connectivity index (χ1v) is 8.77. The van der Waals surface area contributed by atoms with Crippen LogP contribution in [-0.4, -0.2) is 42.1 Å². The third-order valence-corrected chi connectivity index (χ3v) is 4.97. The molecule has 0 saturated carbocycles. The van der Waals surface area contributed by atoms with Gasteiger partial charge in [-0.05, 0) is 5.56 Å². The Balaban J connectivity index is 1.61. The zero-order valence-electron chi connectivity index (χ0n) is 13.7. The molecule has 7 heteroatoms. The summed E-state index contributed by atoms with van der Waals surface area (Å²) in [6, 6.07) is 9.77. The lowest BCUT2D eigenvalue weighted by Crippen LogP contribution is -2.39. The standard InChI is InChI=1S/C17H22N4O2S/c1-23-11-13(18)16(22)20-17-19-14-7-8-21(10-15(14)24-17)9-12-5-3-2-4-6-12/h2-6,13H,7-11,18H2,1H3,(H,19,20,22). The Kier molecular flexibility index (Phi) is 5.57. The third kappa shape index (κ3) is 4.18. The van der Waals surface area contributed by atoms with Crippen LogP contribution in [0.1, 0.15) is 16.1 Å². The van der Waals surface area contributed by atoms with Gasteiger partial charge in [0.1, 0.15) is 6.04 Å². The number of benzene rings is 1. The van der Waals surface area contributed by atoms with Crippen molar-refractivity contribution < 1.29 is 9.53 Å². The maximum Gasteiger partial charge on any atom is 0.245 e. The summed E-state index contributed by atoms with van der Waals surface area (Å²) < 4.78 is 4.90. The van der Waals surface area contributed by atoms with Crippen LogP contribution in [0, 0.1) is 0 Å². The molecule has 3 N–H and O–H groups in total. The zero-order valence-corrected chi connectivity index (χ0v) is 14.5. The van der Waals surface area contributed by atoms with Crippen LogP contribution in [0.5, 0.6) is 0 Å². The summed E-state index contributed by atoms with van der Waals surface area (Å²) in [6.45, 7) is 2.96. The molecule has 6 nitrogen and oxygen atoms in total. The number of thiazole rings is 1. The molecule has 1 aromatic heterocycles. The molecule has 1 aliphatic heterocycles. The fourth-order valence-corrected chi connectivity index (χ4v) is 3.79. The van der Waals surface area contributed by atoms with E-state index < -0.39 is 6.04 Å². The molecule has 2 aromatic rings. The van der Waals surface area contributed by atoms with Crippen molar-refractivity contribution in [3.8, 4) is 0 Å². The highest BCUT2D eigenvalue weighted by atomic mass is 32.1. The van der Waals surface area contributed by atoms with Crippen molar-refractivity contribution in [3.63, 3.8) is 0 Å². The highest BCUT2D eigenvalue weighted by Gasteiger charge is 2.22. The number of methoxy groups -OCH3 is 1. The summed E-state index contributed by atoms with van der Waals surface area (Å²) in [7, 11) is 1.52. The normalized spacial score (nSPS) is 15.8. The topological polar surface area (TPSA) is 80.5 Å². The first-order valence-electron chi connectivity index (χ1n) is 7.96. The summed E-state index contributed by atoms with van der Waals surface area (Å²) in [5.74, 6) is -0.260. The molecular formula is C17H22N4O2S. The van der Waals surface area contributed by atoms with Gasteiger partial charge in [0.15, 0.2) is 5.13 Å². The smallest absolute Gasteiger partial charge is 0.245 e. The van der Waals surface area contributed by atoms with Crippen molar-refractivity contribution in [1.29, 1.82) is 0 Å². The number of ether oxygens (including phenoxy) is 1. The maximum atomic E-state index is 12.0. The second-order valence-electron chi connectivity index (χ2n) is 5.89. The molecular weight excluding hydrogens is 324 g/mol. The van der Waals surface area contributed by atoms with Gasteiger partial charge < -0.3 is 15.8 Å². The maximum absolute atomic E-state index is 12.0. The molecule has 0 radical (unpaired) electrons. The molecule has 2 heterocycles. The number of aromatic nitrogens is 1. The van der Waals surface area contributed by atoms with Gasteiger partial charge in [0.25, 0.3) is 0 Å². The molecule has 1 atom stereocenters. The Morgan fingerprint density at radius 2 is 2.25 bits per heavy atom. The van der Waals surface area contributed by atoms with Gasteiger partial charge in [-0.25, -0.2) is 4.98 Å². The summed E-state index contributed by atoms with van der Waals surface area (Å²) in [5, 5.41) is 3.42. The Bertz CT molecular complexity index is 689. The minimum Gasteiger partial charge on any atom is -0.383 e. The largest absolute Gasteiger partial charge is 0.383 e. The second kappa shape index (κ2) is 7.85. The predicted octanol–water partition coefficient (Wildman–Crippen LogP) is 1.61. The van der Waals surface area contributed by atoms with Crippen molar-refractivity contribution >= 4 is 22.4 Å². The van der Waals surface area contributed by atoms with E-state index in [1.165, 1.54) is 28.9 Å². The molecule has 24 heavy (non-hydrogen) atoms. The number of anilines is 1. The van der Waals surface area contributed by atoms with Crippen LogP contribution < -0.4 is 11.1 Å². The van der Waals surface area contributed by atoms with Crippen molar-refractivity contribution in [2.24, 2.45) is 5.73 Å². The fourth-order valence-electron chi connectivity index (χ4n) is 2.73. The average Bonchev–Trinajstić information content (AvgIpc) is 2.97. The van der Waals surface area contributed by atoms with Crippen LogP contribution in [0.4, 0.5) is 5.13 Å². The molecule has 0 bridgehead atoms. The Morgan fingerprint density at radius 3 is 3.00 bits per heavy atom. The first-order chi connectivity index (χ1) is 11.7. The number of nitrogens with one attached hydrogen (secondary N) is 1. The van der Waals surface area contributed by atoms with E-state index in [2.05, 4.69) is 39.5 Å². The van der Waals surface area contributed by atoms with Crippen molar-refractivity contribution in [2.75, 3.05) is 25.6 Å². The van der Waals surface area contributed by atoms with Gasteiger partial charge in [0, 0.05) is 38.0 Å². The highest BCUT2D eigenvalue weighted by Crippen LogP contribution is 2.29. The molecule has 1 unspecified atom stereocenters. The predicted molar refractivity (Wildman–Crippen MR) is 94.9 cm³/mol. The molecule has 3 rings (SSSR count). The van der Waals surface area contributed by atoms with Crippen LogP contribution in [0.15, 0.2) is 30.3 Å². The van der Waals surface area contributed by atoms with Crippen LogP contribution in [0.3, 0.4) is 0 Å². The minimum absolute atomic E-state index is 0.196. The van der Waals surface area contributed by atoms with Crippen molar-refractivity contribution in [3.05, 3.63) is 46.5 Å². The number of carbonyl (C=O) groups is 1. The summed E-state index contributed by atoms with van der Waals surface area (Å²) in [5.41, 5.74) is 8.13. The van der Waals surface area contributed by atoms with E-state index in [9.17, 15) is 4.79 Å². The number of hydrogen-bond donors (Lipinski definition) is 2. The van der Waals surface area contributed by atoms with E-state index in [0.717, 1.165) is 31.7 Å². The van der Waals surface area contributed by atoms with Crippen molar-refractivity contribution in [1.82, 2.24) is 9.88 Å². The Morgan fingerprint density at radius 1 is 1.46 bits per heavy atom. The van der Waals surface area contributed by atoms with Gasteiger partial charge in [0.05, 0.1) is 12.3 Å². The molecule has 1 aromatic carbocycles. The van der Waals surface area contributed by atoms with E-state index in [1.54, 1.807) is 0 Å². The number of hydrogen-bond acceptors (Lipinski definition) is 6. The van der Waals surface area contributed by atoms with Crippen LogP contribution >= 0.6 is 11.3 Å². The molecule has 1 aliphatic rings. The van der Waals surface area contributed by atoms with Crippen LogP contribution in [0.25, 0.3) is 0 Å². The highest BCUT2D eigenvalue weighted by molar-refractivity contribution is 7.15. The lowest BCUT2D eigenvalue weighted by atomic mass is 10.1. The fraction of sp³-hybridized carbons (Fsp3) is 0.412. The summed E-state index contributed by atoms with van der Waals surface area (Å²) in [6.07, 6.45) is 0.901. The van der Waals surface area contributed by atoms with Gasteiger partial charge in [-0.1, -0.05) is 30.3 Å². The molecule has 0 fully saturated rings. The average molecular weight is 346 g/mol. The molecule has 0 spiro atoms. The van der Waals surface area contributed by atoms with E-state index in [-0.39, 0.29) is 12.5 Å². The summed E-state index contributed by atoms with van der Waals surface area (Å²) >= 11 is 1.53. The number of fused-ring (bicyclic) bond motifs is 1. The third-order valence-electron chi connectivity index (χ3n) is 3.97. The minimum atomic E-state index is -0.675. The van der Waals surface area contributed by atoms with Crippen LogP contribution in [-0.2, 0) is 29.0 Å². The lowest BCUT2D eigenvalue weighted by molar-refractivity contribution is -0.118. The monoisotopic (exact) mass is 346 g/mol. The quantitative estimate of drug-likeness (QED) is 0.831. The van der Waals surface area contributed by atoms with Gasteiger partial charge in [0.2, 0.25) is 5.91 Å². The molecule has 0 aliphatic carbocycles. The van der Waals surface area contributed by atoms with Gasteiger partial charge in [-0.15, -0.1) is 11.3 Å². The van der Waals surface area contributed by atoms with E-state index in [1.807, 2.05) is 6.07 Å². The number of amides is 1. The van der Waals surface area contributed by atoms with Crippen LogP contribution in [0.2, 0.25) is 0 Å². The second-order valence-corrected chi connectivity index (χ2v) is 6.97. The lowest BCUT2D eigenvalue weighted by Gasteiger charge is -2.25. The molecule has 0 saturated heterocycles. The molecule has 128 valence electrons. The van der Waals surface area contributed by atoms with Crippen molar-refractivity contribution in [2.45, 2.75) is 25.6 Å². The zero-order chi connectivity index (χ0) is 16.9. The number of rotatable bonds is 6. The van der Waals surface area contributed by atoms with Gasteiger partial charge in [-0.2, -0.15) is 0 Å². The van der Waals surface area contributed by atoms with Gasteiger partial charge in [-0.3, -0.25) is 9.69 Å². The van der Waals surface area contributed by atoms with E-state index in [4.69, 9.17) is 10.5 Å².